The van der Waals surface area contributed by atoms with Crippen LogP contribution in [0.3, 0.4) is 0 Å². The Morgan fingerprint density at radius 3 is 1.78 bits per heavy atom. The maximum atomic E-state index is 5.42. The molecule has 0 aliphatic carbocycles. The minimum atomic E-state index is 0.545. The summed E-state index contributed by atoms with van der Waals surface area (Å²) < 4.78 is 26.9. The largest absolute Gasteiger partial charge is 0.493 e. The molecule has 0 saturated heterocycles. The fraction of sp³-hybridized carbons (Fsp3) is 0.250. The molecule has 0 radical (unpaired) electrons. The summed E-state index contributed by atoms with van der Waals surface area (Å²) in [6.45, 7) is 0. The maximum absolute atomic E-state index is 5.42. The van der Waals surface area contributed by atoms with Gasteiger partial charge in [-0.25, -0.2) is 0 Å². The minimum absolute atomic E-state index is 0.545. The number of benzene rings is 2. The fourth-order valence-electron chi connectivity index (χ4n) is 2.85. The molecule has 0 bridgehead atoms. The van der Waals surface area contributed by atoms with Crippen molar-refractivity contribution in [3.05, 3.63) is 36.4 Å². The Hall–Kier alpha value is -3.35. The van der Waals surface area contributed by atoms with Crippen molar-refractivity contribution in [3.63, 3.8) is 0 Å². The van der Waals surface area contributed by atoms with E-state index in [1.54, 1.807) is 35.5 Å². The second-order valence-electron chi connectivity index (χ2n) is 5.65. The van der Waals surface area contributed by atoms with E-state index in [4.69, 9.17) is 23.7 Å². The van der Waals surface area contributed by atoms with E-state index in [2.05, 4.69) is 10.2 Å². The molecule has 3 aromatic rings. The first-order valence-electron chi connectivity index (χ1n) is 8.23. The van der Waals surface area contributed by atoms with Crippen LogP contribution in [0.5, 0.6) is 28.7 Å². The molecule has 7 heteroatoms. The van der Waals surface area contributed by atoms with Gasteiger partial charge in [0.1, 0.15) is 0 Å². The molecule has 1 aromatic heterocycles. The third kappa shape index (κ3) is 3.48. The van der Waals surface area contributed by atoms with Crippen LogP contribution in [0, 0.1) is 0 Å². The van der Waals surface area contributed by atoms with Crippen LogP contribution in [-0.2, 0) is 0 Å². The van der Waals surface area contributed by atoms with Gasteiger partial charge >= 0.3 is 0 Å². The quantitative estimate of drug-likeness (QED) is 0.682. The summed E-state index contributed by atoms with van der Waals surface area (Å²) in [7, 11) is 7.96. The SMILES string of the molecule is COc1ccc(-c2cc(-c3cc(OC)c(OC)c(OC)c3)[nH]n2)cc1OC. The van der Waals surface area contributed by atoms with E-state index in [-0.39, 0.29) is 0 Å². The van der Waals surface area contributed by atoms with Crippen molar-refractivity contribution in [2.24, 2.45) is 0 Å². The molecule has 0 saturated carbocycles. The number of rotatable bonds is 7. The van der Waals surface area contributed by atoms with Gasteiger partial charge in [0.15, 0.2) is 23.0 Å². The Labute approximate surface area is 157 Å². The number of hydrogen-bond donors (Lipinski definition) is 1. The summed E-state index contributed by atoms with van der Waals surface area (Å²) >= 11 is 0. The van der Waals surface area contributed by atoms with Crippen LogP contribution < -0.4 is 23.7 Å². The number of ether oxygens (including phenoxy) is 5. The molecular weight excluding hydrogens is 348 g/mol. The van der Waals surface area contributed by atoms with Gasteiger partial charge in [0, 0.05) is 11.1 Å². The number of aromatic amines is 1. The number of hydrogen-bond acceptors (Lipinski definition) is 6. The Morgan fingerprint density at radius 1 is 0.630 bits per heavy atom. The van der Waals surface area contributed by atoms with Crippen LogP contribution in [-0.4, -0.2) is 45.7 Å². The maximum Gasteiger partial charge on any atom is 0.203 e. The van der Waals surface area contributed by atoms with E-state index >= 15 is 0 Å². The average molecular weight is 370 g/mol. The summed E-state index contributed by atoms with van der Waals surface area (Å²) in [6.07, 6.45) is 0. The topological polar surface area (TPSA) is 74.8 Å². The highest BCUT2D eigenvalue weighted by atomic mass is 16.5. The van der Waals surface area contributed by atoms with Gasteiger partial charge in [-0.15, -0.1) is 0 Å². The van der Waals surface area contributed by atoms with Gasteiger partial charge in [-0.1, -0.05) is 0 Å². The normalized spacial score (nSPS) is 10.4. The standard InChI is InChI=1S/C20H22N2O5/c1-23-16-7-6-12(8-17(16)24-2)14-11-15(22-21-14)13-9-18(25-3)20(27-5)19(10-13)26-4/h6-11H,1-5H3,(H,21,22). The minimum Gasteiger partial charge on any atom is -0.493 e. The molecule has 0 amide bonds. The second kappa shape index (κ2) is 7.90. The molecule has 2 aromatic carbocycles. The lowest BCUT2D eigenvalue weighted by Crippen LogP contribution is -1.95. The third-order valence-corrected chi connectivity index (χ3v) is 4.23. The van der Waals surface area contributed by atoms with Crippen LogP contribution in [0.2, 0.25) is 0 Å². The highest BCUT2D eigenvalue weighted by Crippen LogP contribution is 2.41. The van der Waals surface area contributed by atoms with E-state index in [9.17, 15) is 0 Å². The van der Waals surface area contributed by atoms with Gasteiger partial charge in [-0.3, -0.25) is 5.10 Å². The van der Waals surface area contributed by atoms with Crippen LogP contribution in [0.15, 0.2) is 36.4 Å². The van der Waals surface area contributed by atoms with Crippen molar-refractivity contribution < 1.29 is 23.7 Å². The molecule has 142 valence electrons. The number of H-pyrrole nitrogens is 1. The van der Waals surface area contributed by atoms with Gasteiger partial charge in [0.2, 0.25) is 5.75 Å². The Morgan fingerprint density at radius 2 is 1.22 bits per heavy atom. The Kier molecular flexibility index (Phi) is 5.40. The summed E-state index contributed by atoms with van der Waals surface area (Å²) in [5.74, 6) is 3.01. The summed E-state index contributed by atoms with van der Waals surface area (Å²) in [5, 5.41) is 7.47. The van der Waals surface area contributed by atoms with E-state index in [0.717, 1.165) is 22.5 Å². The first-order chi connectivity index (χ1) is 13.1. The van der Waals surface area contributed by atoms with Crippen LogP contribution >= 0.6 is 0 Å². The molecule has 0 aliphatic heterocycles. The predicted octanol–water partition coefficient (Wildman–Crippen LogP) is 3.79. The molecule has 1 heterocycles. The summed E-state index contributed by atoms with van der Waals surface area (Å²) in [6, 6.07) is 11.3. The van der Waals surface area contributed by atoms with Gasteiger partial charge in [0.05, 0.1) is 46.9 Å². The van der Waals surface area contributed by atoms with Crippen LogP contribution in [0.4, 0.5) is 0 Å². The van der Waals surface area contributed by atoms with E-state index in [0.29, 0.717) is 28.7 Å². The molecule has 0 fully saturated rings. The average Bonchev–Trinajstić information content (AvgIpc) is 3.22. The fourth-order valence-corrected chi connectivity index (χ4v) is 2.85. The number of nitrogens with one attached hydrogen (secondary N) is 1. The number of nitrogens with zero attached hydrogens (tertiary/aromatic N) is 1. The molecule has 0 atom stereocenters. The third-order valence-electron chi connectivity index (χ3n) is 4.23. The molecule has 3 rings (SSSR count). The molecule has 7 nitrogen and oxygen atoms in total. The molecule has 1 N–H and O–H groups in total. The Bertz CT molecular complexity index is 911. The predicted molar refractivity (Wildman–Crippen MR) is 102 cm³/mol. The van der Waals surface area contributed by atoms with Gasteiger partial charge in [-0.2, -0.15) is 5.10 Å². The zero-order chi connectivity index (χ0) is 19.4. The lowest BCUT2D eigenvalue weighted by atomic mass is 10.1. The monoisotopic (exact) mass is 370 g/mol. The highest BCUT2D eigenvalue weighted by molar-refractivity contribution is 5.73. The van der Waals surface area contributed by atoms with Crippen LogP contribution in [0.25, 0.3) is 22.5 Å². The van der Waals surface area contributed by atoms with E-state index in [1.165, 1.54) is 0 Å². The first kappa shape index (κ1) is 18.4. The highest BCUT2D eigenvalue weighted by Gasteiger charge is 2.16. The van der Waals surface area contributed by atoms with Gasteiger partial charge < -0.3 is 23.7 Å². The van der Waals surface area contributed by atoms with Crippen molar-refractivity contribution in [3.8, 4) is 51.3 Å². The zero-order valence-corrected chi connectivity index (χ0v) is 16.0. The zero-order valence-electron chi connectivity index (χ0n) is 16.0. The van der Waals surface area contributed by atoms with E-state index in [1.807, 2.05) is 36.4 Å². The number of methoxy groups -OCH3 is 5. The van der Waals surface area contributed by atoms with Crippen molar-refractivity contribution in [1.82, 2.24) is 10.2 Å². The van der Waals surface area contributed by atoms with Crippen molar-refractivity contribution in [2.75, 3.05) is 35.5 Å². The molecular formula is C20H22N2O5. The van der Waals surface area contributed by atoms with E-state index < -0.39 is 0 Å². The first-order valence-corrected chi connectivity index (χ1v) is 8.23. The summed E-state index contributed by atoms with van der Waals surface area (Å²) in [4.78, 5) is 0. The van der Waals surface area contributed by atoms with Crippen molar-refractivity contribution in [1.29, 1.82) is 0 Å². The van der Waals surface area contributed by atoms with Crippen molar-refractivity contribution >= 4 is 0 Å². The van der Waals surface area contributed by atoms with Crippen molar-refractivity contribution in [2.45, 2.75) is 0 Å². The molecule has 0 spiro atoms. The van der Waals surface area contributed by atoms with Gasteiger partial charge in [-0.05, 0) is 36.4 Å². The van der Waals surface area contributed by atoms with Gasteiger partial charge in [0.25, 0.3) is 0 Å². The molecule has 0 unspecified atom stereocenters. The second-order valence-corrected chi connectivity index (χ2v) is 5.65. The lowest BCUT2D eigenvalue weighted by molar-refractivity contribution is 0.324. The Balaban J connectivity index is 2.01. The summed E-state index contributed by atoms with van der Waals surface area (Å²) in [5.41, 5.74) is 3.37. The lowest BCUT2D eigenvalue weighted by Gasteiger charge is -2.13. The molecule has 0 aliphatic rings. The number of aromatic nitrogens is 2. The molecule has 27 heavy (non-hydrogen) atoms. The smallest absolute Gasteiger partial charge is 0.203 e. The van der Waals surface area contributed by atoms with Crippen LogP contribution in [0.1, 0.15) is 0 Å².